The van der Waals surface area contributed by atoms with Gasteiger partial charge in [0.1, 0.15) is 0 Å². The molecule has 0 aliphatic carbocycles. The van der Waals surface area contributed by atoms with Gasteiger partial charge in [0.2, 0.25) is 0 Å². The Bertz CT molecular complexity index is 276. The first kappa shape index (κ1) is 8.32. The van der Waals surface area contributed by atoms with Gasteiger partial charge in [-0.1, -0.05) is 12.1 Å². The first-order chi connectivity index (χ1) is 4.97. The van der Waals surface area contributed by atoms with Crippen molar-refractivity contribution in [2.75, 3.05) is 0 Å². The van der Waals surface area contributed by atoms with E-state index in [0.29, 0.717) is 0 Å². The third kappa shape index (κ3) is 1.62. The molecule has 0 saturated carbocycles. The molecule has 1 heteroatoms. The molecule has 2 aromatic carbocycles. The summed E-state index contributed by atoms with van der Waals surface area (Å²) in [7, 11) is 0. The predicted molar refractivity (Wildman–Crippen MR) is 42.8 cm³/mol. The smallest absolute Gasteiger partial charge is 0 e. The zero-order valence-corrected chi connectivity index (χ0v) is 7.10. The molecule has 11 heavy (non-hydrogen) atoms. The van der Waals surface area contributed by atoms with Crippen molar-refractivity contribution >= 4 is 10.8 Å². The Kier molecular flexibility index (Phi) is 2.69. The van der Waals surface area contributed by atoms with E-state index in [9.17, 15) is 0 Å². The van der Waals surface area contributed by atoms with Gasteiger partial charge in [0.25, 0.3) is 0 Å². The Morgan fingerprint density at radius 3 is 2.45 bits per heavy atom. The Morgan fingerprint density at radius 2 is 1.64 bits per heavy atom. The Labute approximate surface area is 76.7 Å². The average molecular weight is 182 g/mol. The van der Waals surface area contributed by atoms with Crippen LogP contribution in [0.3, 0.4) is 0 Å². The van der Waals surface area contributed by atoms with Crippen molar-refractivity contribution in [3.05, 3.63) is 48.5 Å². The minimum atomic E-state index is 0. The molecule has 0 bridgehead atoms. The summed E-state index contributed by atoms with van der Waals surface area (Å²) in [4.78, 5) is 0. The zero-order valence-electron chi connectivity index (χ0n) is 5.92. The molecule has 0 aromatic heterocycles. The zero-order chi connectivity index (χ0) is 6.81. The molecule has 2 rings (SSSR count). The first-order valence-electron chi connectivity index (χ1n) is 3.32. The maximum Gasteiger partial charge on any atom is 0 e. The van der Waals surface area contributed by atoms with Crippen LogP contribution in [0.5, 0.6) is 0 Å². The molecule has 0 fully saturated rings. The van der Waals surface area contributed by atoms with Gasteiger partial charge in [0.05, 0.1) is 0 Å². The van der Waals surface area contributed by atoms with Gasteiger partial charge in [-0.25, -0.2) is 0 Å². The van der Waals surface area contributed by atoms with E-state index in [-0.39, 0.29) is 17.1 Å². The summed E-state index contributed by atoms with van der Waals surface area (Å²) < 4.78 is 0. The van der Waals surface area contributed by atoms with Crippen molar-refractivity contribution in [1.82, 2.24) is 0 Å². The Balaban J connectivity index is 0.000000605. The van der Waals surface area contributed by atoms with Crippen molar-refractivity contribution in [3.63, 3.8) is 0 Å². The molecule has 0 atom stereocenters. The quantitative estimate of drug-likeness (QED) is 0.434. The van der Waals surface area contributed by atoms with Crippen LogP contribution in [0.25, 0.3) is 10.8 Å². The van der Waals surface area contributed by atoms with E-state index in [1.54, 1.807) is 0 Å². The van der Waals surface area contributed by atoms with Crippen molar-refractivity contribution in [2.45, 2.75) is 0 Å². The van der Waals surface area contributed by atoms with Crippen LogP contribution in [0.2, 0.25) is 0 Å². The third-order valence-electron chi connectivity index (χ3n) is 1.57. The summed E-state index contributed by atoms with van der Waals surface area (Å²) >= 11 is 0. The largest absolute Gasteiger partial charge is 0.147 e. The fourth-order valence-corrected chi connectivity index (χ4v) is 1.06. The van der Waals surface area contributed by atoms with Crippen LogP contribution in [0.1, 0.15) is 0 Å². The Hall–Kier alpha value is -0.781. The van der Waals surface area contributed by atoms with Gasteiger partial charge in [0.15, 0.2) is 0 Å². The second-order valence-corrected chi connectivity index (χ2v) is 2.26. The molecule has 2 aromatic rings. The molecular formula is C10H7Mn-. The van der Waals surface area contributed by atoms with Crippen LogP contribution in [-0.2, 0) is 17.1 Å². The van der Waals surface area contributed by atoms with Crippen LogP contribution >= 0.6 is 0 Å². The third-order valence-corrected chi connectivity index (χ3v) is 1.57. The number of hydrogen-bond acceptors (Lipinski definition) is 0. The number of benzene rings is 2. The minimum Gasteiger partial charge on any atom is -0.147 e. The fraction of sp³-hybridized carbons (Fsp3) is 0. The fourth-order valence-electron chi connectivity index (χ4n) is 1.06. The van der Waals surface area contributed by atoms with Crippen LogP contribution in [-0.4, -0.2) is 0 Å². The molecule has 0 saturated heterocycles. The van der Waals surface area contributed by atoms with E-state index >= 15 is 0 Å². The second kappa shape index (κ2) is 3.56. The van der Waals surface area contributed by atoms with Gasteiger partial charge < -0.3 is 0 Å². The number of fused-ring (bicyclic) bond motifs is 1. The molecule has 0 aliphatic rings. The summed E-state index contributed by atoms with van der Waals surface area (Å²) in [5.41, 5.74) is 0. The van der Waals surface area contributed by atoms with E-state index in [4.69, 9.17) is 0 Å². The molecule has 0 nitrogen and oxygen atoms in total. The van der Waals surface area contributed by atoms with Crippen LogP contribution in [0, 0.1) is 6.07 Å². The number of hydrogen-bond donors (Lipinski definition) is 0. The van der Waals surface area contributed by atoms with E-state index in [1.165, 1.54) is 10.8 Å². The van der Waals surface area contributed by atoms with Crippen molar-refractivity contribution < 1.29 is 17.1 Å². The molecule has 0 N–H and O–H groups in total. The molecule has 0 spiro atoms. The minimum absolute atomic E-state index is 0. The van der Waals surface area contributed by atoms with Crippen LogP contribution in [0.4, 0.5) is 0 Å². The summed E-state index contributed by atoms with van der Waals surface area (Å²) in [5, 5.41) is 2.44. The normalized spacial score (nSPS) is 9.09. The monoisotopic (exact) mass is 182 g/mol. The second-order valence-electron chi connectivity index (χ2n) is 2.26. The Morgan fingerprint density at radius 1 is 0.909 bits per heavy atom. The van der Waals surface area contributed by atoms with Crippen LogP contribution < -0.4 is 0 Å². The molecular weight excluding hydrogens is 175 g/mol. The van der Waals surface area contributed by atoms with Crippen molar-refractivity contribution in [1.29, 1.82) is 0 Å². The summed E-state index contributed by atoms with van der Waals surface area (Å²) in [6.07, 6.45) is 0. The van der Waals surface area contributed by atoms with Gasteiger partial charge in [0, 0.05) is 17.1 Å². The molecule has 1 radical (unpaired) electrons. The molecule has 55 valence electrons. The van der Waals surface area contributed by atoms with Gasteiger partial charge in [-0.3, -0.25) is 0 Å². The van der Waals surface area contributed by atoms with Gasteiger partial charge >= 0.3 is 0 Å². The van der Waals surface area contributed by atoms with Crippen LogP contribution in [0.15, 0.2) is 42.5 Å². The maximum atomic E-state index is 3.15. The standard InChI is InChI=1S/C10H7.Mn/c1-2-6-10-8-4-3-7-9(10)5-1;/h1-7H;/q-1;. The summed E-state index contributed by atoms with van der Waals surface area (Å²) in [6.45, 7) is 0. The summed E-state index contributed by atoms with van der Waals surface area (Å²) in [5.74, 6) is 0. The molecule has 0 aliphatic heterocycles. The van der Waals surface area contributed by atoms with E-state index < -0.39 is 0 Å². The molecule has 0 unspecified atom stereocenters. The van der Waals surface area contributed by atoms with Crippen molar-refractivity contribution in [3.8, 4) is 0 Å². The van der Waals surface area contributed by atoms with Gasteiger partial charge in [-0.2, -0.15) is 0 Å². The van der Waals surface area contributed by atoms with E-state index in [1.807, 2.05) is 24.3 Å². The van der Waals surface area contributed by atoms with Crippen molar-refractivity contribution in [2.24, 2.45) is 0 Å². The van der Waals surface area contributed by atoms with Gasteiger partial charge in [-0.15, -0.1) is 47.2 Å². The maximum absolute atomic E-state index is 3.15. The average Bonchev–Trinajstić information content (AvgIpc) is 2.05. The molecule has 0 heterocycles. The number of rotatable bonds is 0. The van der Waals surface area contributed by atoms with E-state index in [0.717, 1.165) is 0 Å². The molecule has 0 amide bonds. The summed E-state index contributed by atoms with van der Waals surface area (Å²) in [6, 6.07) is 17.4. The predicted octanol–water partition coefficient (Wildman–Crippen LogP) is 2.64. The van der Waals surface area contributed by atoms with Gasteiger partial charge in [-0.05, 0) is 0 Å². The first-order valence-corrected chi connectivity index (χ1v) is 3.32. The topological polar surface area (TPSA) is 0 Å². The van der Waals surface area contributed by atoms with E-state index in [2.05, 4.69) is 24.3 Å². The SMILES string of the molecule is [Mn].[c-]1cccc2ccccc12.